The Kier molecular flexibility index (Phi) is 2.95. The molecule has 1 unspecified atom stereocenters. The lowest BCUT2D eigenvalue weighted by molar-refractivity contribution is 0.104. The Morgan fingerprint density at radius 3 is 2.73 bits per heavy atom. The van der Waals surface area contributed by atoms with Crippen LogP contribution >= 0.6 is 0 Å². The molecule has 0 radical (unpaired) electrons. The van der Waals surface area contributed by atoms with Crippen LogP contribution < -0.4 is 5.32 Å². The van der Waals surface area contributed by atoms with Crippen molar-refractivity contribution >= 4 is 0 Å². The highest BCUT2D eigenvalue weighted by molar-refractivity contribution is 5.22. The molecule has 78 valence electrons. The molecule has 1 fully saturated rings. The number of aromatic nitrogens is 1. The third-order valence-electron chi connectivity index (χ3n) is 2.83. The van der Waals surface area contributed by atoms with Gasteiger partial charge >= 0.3 is 0 Å². The number of nitriles is 1. The van der Waals surface area contributed by atoms with E-state index in [0.717, 1.165) is 18.7 Å². The fraction of sp³-hybridized carbons (Fsp3) is 0.455. The van der Waals surface area contributed by atoms with Gasteiger partial charge in [0.25, 0.3) is 0 Å². The average molecular weight is 202 g/mol. The van der Waals surface area contributed by atoms with Gasteiger partial charge < -0.3 is 5.32 Å². The molecular weight excluding hydrogens is 188 g/mol. The summed E-state index contributed by atoms with van der Waals surface area (Å²) in [5.41, 5.74) is 1.03. The molecule has 0 aliphatic carbocycles. The third-order valence-corrected chi connectivity index (χ3v) is 2.83. The molecule has 1 aliphatic heterocycles. The molecule has 4 heteroatoms. The lowest BCUT2D eigenvalue weighted by atomic mass is 10.0. The highest BCUT2D eigenvalue weighted by atomic mass is 15.3. The van der Waals surface area contributed by atoms with Crippen LogP contribution in [0.2, 0.25) is 0 Å². The lowest BCUT2D eigenvalue weighted by Crippen LogP contribution is -2.57. The molecule has 1 saturated heterocycles. The molecule has 1 aromatic rings. The van der Waals surface area contributed by atoms with Crippen molar-refractivity contribution in [3.05, 3.63) is 30.1 Å². The van der Waals surface area contributed by atoms with E-state index in [2.05, 4.69) is 21.3 Å². The van der Waals surface area contributed by atoms with Crippen LogP contribution in [-0.4, -0.2) is 36.1 Å². The van der Waals surface area contributed by atoms with Crippen LogP contribution in [0.15, 0.2) is 24.5 Å². The normalized spacial score (nSPS) is 19.2. The maximum absolute atomic E-state index is 9.14. The third kappa shape index (κ3) is 1.99. The van der Waals surface area contributed by atoms with Gasteiger partial charge in [-0.1, -0.05) is 0 Å². The highest BCUT2D eigenvalue weighted by Gasteiger charge is 2.31. The van der Waals surface area contributed by atoms with E-state index in [9.17, 15) is 0 Å². The van der Waals surface area contributed by atoms with E-state index in [1.54, 1.807) is 12.4 Å². The molecule has 2 rings (SSSR count). The molecule has 1 atom stereocenters. The fourth-order valence-corrected chi connectivity index (χ4v) is 1.82. The molecule has 2 heterocycles. The molecule has 0 bridgehead atoms. The van der Waals surface area contributed by atoms with Gasteiger partial charge in [0.05, 0.1) is 6.07 Å². The number of nitrogens with one attached hydrogen (secondary N) is 1. The molecule has 0 amide bonds. The molecule has 1 aromatic heterocycles. The van der Waals surface area contributed by atoms with Crippen LogP contribution in [0, 0.1) is 11.3 Å². The van der Waals surface area contributed by atoms with E-state index in [1.165, 1.54) is 0 Å². The Morgan fingerprint density at radius 2 is 2.20 bits per heavy atom. The van der Waals surface area contributed by atoms with Crippen LogP contribution in [0.1, 0.15) is 11.6 Å². The molecule has 0 spiro atoms. The minimum Gasteiger partial charge on any atom is -0.315 e. The first kappa shape index (κ1) is 10.1. The van der Waals surface area contributed by atoms with Crippen LogP contribution in [0.25, 0.3) is 0 Å². The quantitative estimate of drug-likeness (QED) is 0.777. The van der Waals surface area contributed by atoms with Gasteiger partial charge in [-0.25, -0.2) is 0 Å². The van der Waals surface area contributed by atoms with Gasteiger partial charge in [-0.05, 0) is 24.7 Å². The van der Waals surface area contributed by atoms with Crippen molar-refractivity contribution < 1.29 is 0 Å². The van der Waals surface area contributed by atoms with Crippen molar-refractivity contribution in [3.8, 4) is 6.07 Å². The SMILES string of the molecule is CNC1CN(C(C#N)c2ccncc2)C1. The first-order valence-electron chi connectivity index (χ1n) is 5.06. The van der Waals surface area contributed by atoms with Crippen LogP contribution in [0.4, 0.5) is 0 Å². The molecule has 15 heavy (non-hydrogen) atoms. The molecule has 4 nitrogen and oxygen atoms in total. The maximum Gasteiger partial charge on any atom is 0.124 e. The summed E-state index contributed by atoms with van der Waals surface area (Å²) in [6.07, 6.45) is 3.46. The number of hydrogen-bond donors (Lipinski definition) is 1. The predicted octanol–water partition coefficient (Wildman–Crippen LogP) is 0.550. The van der Waals surface area contributed by atoms with Gasteiger partial charge in [-0.3, -0.25) is 9.88 Å². The van der Waals surface area contributed by atoms with Gasteiger partial charge in [0, 0.05) is 31.5 Å². The predicted molar refractivity (Wildman–Crippen MR) is 57.0 cm³/mol. The zero-order valence-electron chi connectivity index (χ0n) is 8.72. The van der Waals surface area contributed by atoms with Crippen molar-refractivity contribution in [2.75, 3.05) is 20.1 Å². The van der Waals surface area contributed by atoms with Gasteiger partial charge in [0.1, 0.15) is 6.04 Å². The Balaban J connectivity index is 2.04. The van der Waals surface area contributed by atoms with Crippen molar-refractivity contribution in [2.45, 2.75) is 12.1 Å². The maximum atomic E-state index is 9.14. The van der Waals surface area contributed by atoms with E-state index in [-0.39, 0.29) is 6.04 Å². The second-order valence-corrected chi connectivity index (χ2v) is 3.75. The van der Waals surface area contributed by atoms with E-state index in [0.29, 0.717) is 6.04 Å². The first-order valence-corrected chi connectivity index (χ1v) is 5.06. The second-order valence-electron chi connectivity index (χ2n) is 3.75. The Morgan fingerprint density at radius 1 is 1.53 bits per heavy atom. The van der Waals surface area contributed by atoms with Gasteiger partial charge in [0.15, 0.2) is 0 Å². The van der Waals surface area contributed by atoms with E-state index in [4.69, 9.17) is 5.26 Å². The Bertz CT molecular complexity index is 351. The standard InChI is InChI=1S/C11H14N4/c1-13-10-7-15(8-10)11(6-12)9-2-4-14-5-3-9/h2-5,10-11,13H,7-8H2,1H3. The number of rotatable bonds is 3. The Labute approximate surface area is 89.5 Å². The summed E-state index contributed by atoms with van der Waals surface area (Å²) in [6, 6.07) is 6.55. The van der Waals surface area contributed by atoms with Crippen LogP contribution in [0.5, 0.6) is 0 Å². The number of hydrogen-bond acceptors (Lipinski definition) is 4. The largest absolute Gasteiger partial charge is 0.315 e. The summed E-state index contributed by atoms with van der Waals surface area (Å²) in [6.45, 7) is 1.88. The summed E-state index contributed by atoms with van der Waals surface area (Å²) in [5.74, 6) is 0. The lowest BCUT2D eigenvalue weighted by Gasteiger charge is -2.41. The van der Waals surface area contributed by atoms with Gasteiger partial charge in [0.2, 0.25) is 0 Å². The minimum absolute atomic E-state index is 0.127. The van der Waals surface area contributed by atoms with Crippen molar-refractivity contribution in [1.82, 2.24) is 15.2 Å². The van der Waals surface area contributed by atoms with E-state index >= 15 is 0 Å². The Hall–Kier alpha value is -1.44. The minimum atomic E-state index is -0.127. The topological polar surface area (TPSA) is 52.0 Å². The van der Waals surface area contributed by atoms with Crippen LogP contribution in [-0.2, 0) is 0 Å². The molecule has 1 aliphatic rings. The van der Waals surface area contributed by atoms with Crippen LogP contribution in [0.3, 0.4) is 0 Å². The summed E-state index contributed by atoms with van der Waals surface area (Å²) >= 11 is 0. The molecular formula is C11H14N4. The average Bonchev–Trinajstić information content (AvgIpc) is 2.24. The van der Waals surface area contributed by atoms with E-state index in [1.807, 2.05) is 19.2 Å². The van der Waals surface area contributed by atoms with Crippen molar-refractivity contribution in [1.29, 1.82) is 5.26 Å². The summed E-state index contributed by atoms with van der Waals surface area (Å²) in [5, 5.41) is 12.3. The van der Waals surface area contributed by atoms with Crippen molar-refractivity contribution in [3.63, 3.8) is 0 Å². The number of pyridine rings is 1. The fourth-order valence-electron chi connectivity index (χ4n) is 1.82. The smallest absolute Gasteiger partial charge is 0.124 e. The summed E-state index contributed by atoms with van der Waals surface area (Å²) in [4.78, 5) is 6.12. The summed E-state index contributed by atoms with van der Waals surface area (Å²) in [7, 11) is 1.95. The number of nitrogens with zero attached hydrogens (tertiary/aromatic N) is 3. The summed E-state index contributed by atoms with van der Waals surface area (Å²) < 4.78 is 0. The first-order chi connectivity index (χ1) is 7.35. The zero-order valence-corrected chi connectivity index (χ0v) is 8.72. The van der Waals surface area contributed by atoms with Crippen molar-refractivity contribution in [2.24, 2.45) is 0 Å². The molecule has 0 saturated carbocycles. The number of likely N-dealkylation sites (tertiary alicyclic amines) is 1. The molecule has 1 N–H and O–H groups in total. The zero-order chi connectivity index (χ0) is 10.7. The number of likely N-dealkylation sites (N-methyl/N-ethyl adjacent to an activating group) is 1. The van der Waals surface area contributed by atoms with E-state index < -0.39 is 0 Å². The van der Waals surface area contributed by atoms with Gasteiger partial charge in [-0.2, -0.15) is 5.26 Å². The highest BCUT2D eigenvalue weighted by Crippen LogP contribution is 2.24. The van der Waals surface area contributed by atoms with Gasteiger partial charge in [-0.15, -0.1) is 0 Å². The monoisotopic (exact) mass is 202 g/mol. The second kappa shape index (κ2) is 4.39. The molecule has 0 aromatic carbocycles.